The van der Waals surface area contributed by atoms with Crippen LogP contribution in [0.4, 0.5) is 0 Å². The van der Waals surface area contributed by atoms with Crippen molar-refractivity contribution in [3.63, 3.8) is 0 Å². The van der Waals surface area contributed by atoms with Gasteiger partial charge in [0.1, 0.15) is 0 Å². The van der Waals surface area contributed by atoms with E-state index in [1.54, 1.807) is 0 Å². The van der Waals surface area contributed by atoms with Crippen LogP contribution in [0, 0.1) is 5.92 Å². The first-order chi connectivity index (χ1) is 6.56. The molecule has 0 bridgehead atoms. The molecule has 1 fully saturated rings. The van der Waals surface area contributed by atoms with Crippen molar-refractivity contribution in [3.05, 3.63) is 0 Å². The second kappa shape index (κ2) is 5.13. The lowest BCUT2D eigenvalue weighted by molar-refractivity contribution is -0.0223. The lowest BCUT2D eigenvalue weighted by Gasteiger charge is -2.37. The summed E-state index contributed by atoms with van der Waals surface area (Å²) < 4.78 is 0. The molecule has 0 aliphatic heterocycles. The van der Waals surface area contributed by atoms with E-state index in [4.69, 9.17) is 5.73 Å². The molecule has 1 saturated carbocycles. The fraction of sp³-hybridized carbons (Fsp3) is 1.00. The zero-order chi connectivity index (χ0) is 10.6. The van der Waals surface area contributed by atoms with Gasteiger partial charge in [0.05, 0.1) is 5.60 Å². The second-order valence-electron chi connectivity index (χ2n) is 5.18. The van der Waals surface area contributed by atoms with Crippen LogP contribution < -0.4 is 5.73 Å². The average Bonchev–Trinajstić information content (AvgIpc) is 2.02. The number of hydrogen-bond donors (Lipinski definition) is 2. The molecule has 0 aromatic rings. The molecule has 1 aliphatic rings. The van der Waals surface area contributed by atoms with Gasteiger partial charge in [-0.1, -0.05) is 26.7 Å². The first kappa shape index (κ1) is 12.0. The Hall–Kier alpha value is -0.0800. The highest BCUT2D eigenvalue weighted by molar-refractivity contribution is 4.89. The van der Waals surface area contributed by atoms with E-state index in [-0.39, 0.29) is 6.04 Å². The van der Waals surface area contributed by atoms with Crippen LogP contribution in [0.3, 0.4) is 0 Å². The van der Waals surface area contributed by atoms with Crippen molar-refractivity contribution >= 4 is 0 Å². The average molecular weight is 199 g/mol. The maximum absolute atomic E-state index is 10.4. The minimum absolute atomic E-state index is 0.225. The van der Waals surface area contributed by atoms with Crippen molar-refractivity contribution in [3.8, 4) is 0 Å². The van der Waals surface area contributed by atoms with E-state index in [9.17, 15) is 5.11 Å². The maximum atomic E-state index is 10.4. The Labute approximate surface area is 87.9 Å². The van der Waals surface area contributed by atoms with Gasteiger partial charge in [0.2, 0.25) is 0 Å². The molecule has 3 unspecified atom stereocenters. The molecule has 0 spiro atoms. The molecule has 1 aliphatic carbocycles. The highest BCUT2D eigenvalue weighted by atomic mass is 16.3. The third-order valence-electron chi connectivity index (χ3n) is 3.37. The fourth-order valence-electron chi connectivity index (χ4n) is 2.81. The number of hydrogen-bond acceptors (Lipinski definition) is 2. The highest BCUT2D eigenvalue weighted by Gasteiger charge is 2.33. The Balaban J connectivity index is 2.39. The Bertz CT molecular complexity index is 172. The quantitative estimate of drug-likeness (QED) is 0.730. The molecule has 1 rings (SSSR count). The van der Waals surface area contributed by atoms with E-state index in [1.807, 2.05) is 0 Å². The zero-order valence-electron chi connectivity index (χ0n) is 9.63. The molecule has 84 valence electrons. The lowest BCUT2D eigenvalue weighted by Crippen LogP contribution is -2.42. The molecule has 0 radical (unpaired) electrons. The SMILES string of the molecule is CCCC(C)CC1(O)CCCC(N)C1. The first-order valence-corrected chi connectivity index (χ1v) is 6.04. The summed E-state index contributed by atoms with van der Waals surface area (Å²) in [4.78, 5) is 0. The predicted octanol–water partition coefficient (Wildman–Crippen LogP) is 2.45. The summed E-state index contributed by atoms with van der Waals surface area (Å²) >= 11 is 0. The summed E-state index contributed by atoms with van der Waals surface area (Å²) in [6.07, 6.45) is 7.31. The first-order valence-electron chi connectivity index (χ1n) is 6.04. The predicted molar refractivity (Wildman–Crippen MR) is 60.1 cm³/mol. The normalized spacial score (nSPS) is 35.6. The van der Waals surface area contributed by atoms with Crippen LogP contribution in [-0.2, 0) is 0 Å². The van der Waals surface area contributed by atoms with Gasteiger partial charge in [-0.2, -0.15) is 0 Å². The number of aliphatic hydroxyl groups is 1. The van der Waals surface area contributed by atoms with Crippen molar-refractivity contribution in [2.24, 2.45) is 11.7 Å². The summed E-state index contributed by atoms with van der Waals surface area (Å²) in [5.41, 5.74) is 5.45. The van der Waals surface area contributed by atoms with Crippen LogP contribution in [0.25, 0.3) is 0 Å². The summed E-state index contributed by atoms with van der Waals surface area (Å²) in [5, 5.41) is 10.4. The van der Waals surface area contributed by atoms with Crippen molar-refractivity contribution < 1.29 is 5.11 Å². The van der Waals surface area contributed by atoms with Gasteiger partial charge in [0, 0.05) is 6.04 Å². The van der Waals surface area contributed by atoms with Gasteiger partial charge in [-0.25, -0.2) is 0 Å². The number of rotatable bonds is 4. The molecule has 3 atom stereocenters. The standard InChI is InChI=1S/C12H25NO/c1-3-5-10(2)8-12(14)7-4-6-11(13)9-12/h10-11,14H,3-9,13H2,1-2H3. The van der Waals surface area contributed by atoms with E-state index in [0.29, 0.717) is 5.92 Å². The van der Waals surface area contributed by atoms with Crippen LogP contribution in [0.2, 0.25) is 0 Å². The van der Waals surface area contributed by atoms with E-state index in [1.165, 1.54) is 12.8 Å². The topological polar surface area (TPSA) is 46.2 Å². The van der Waals surface area contributed by atoms with Crippen molar-refractivity contribution in [1.82, 2.24) is 0 Å². The molecular weight excluding hydrogens is 174 g/mol. The van der Waals surface area contributed by atoms with Crippen LogP contribution in [0.5, 0.6) is 0 Å². The van der Waals surface area contributed by atoms with Crippen molar-refractivity contribution in [2.45, 2.75) is 70.4 Å². The van der Waals surface area contributed by atoms with Crippen LogP contribution in [0.15, 0.2) is 0 Å². The summed E-state index contributed by atoms with van der Waals surface area (Å²) in [6.45, 7) is 4.44. The molecule has 2 nitrogen and oxygen atoms in total. The molecule has 3 N–H and O–H groups in total. The van der Waals surface area contributed by atoms with Crippen LogP contribution in [-0.4, -0.2) is 16.7 Å². The van der Waals surface area contributed by atoms with Gasteiger partial charge in [-0.15, -0.1) is 0 Å². The third-order valence-corrected chi connectivity index (χ3v) is 3.37. The smallest absolute Gasteiger partial charge is 0.0665 e. The van der Waals surface area contributed by atoms with Gasteiger partial charge < -0.3 is 10.8 Å². The zero-order valence-corrected chi connectivity index (χ0v) is 9.63. The third kappa shape index (κ3) is 3.58. The molecule has 0 aromatic carbocycles. The Kier molecular flexibility index (Phi) is 4.39. The van der Waals surface area contributed by atoms with E-state index >= 15 is 0 Å². The molecule has 14 heavy (non-hydrogen) atoms. The number of nitrogens with two attached hydrogens (primary N) is 1. The lowest BCUT2D eigenvalue weighted by atomic mass is 9.76. The van der Waals surface area contributed by atoms with Crippen LogP contribution >= 0.6 is 0 Å². The van der Waals surface area contributed by atoms with E-state index in [0.717, 1.165) is 32.1 Å². The molecule has 0 saturated heterocycles. The van der Waals surface area contributed by atoms with Crippen LogP contribution in [0.1, 0.15) is 58.8 Å². The summed E-state index contributed by atoms with van der Waals surface area (Å²) in [6, 6.07) is 0.225. The van der Waals surface area contributed by atoms with Crippen molar-refractivity contribution in [1.29, 1.82) is 0 Å². The van der Waals surface area contributed by atoms with Crippen molar-refractivity contribution in [2.75, 3.05) is 0 Å². The van der Waals surface area contributed by atoms with Gasteiger partial charge in [-0.05, 0) is 38.0 Å². The molecular formula is C12H25NO. The minimum atomic E-state index is -0.452. The minimum Gasteiger partial charge on any atom is -0.390 e. The molecule has 0 amide bonds. The maximum Gasteiger partial charge on any atom is 0.0665 e. The molecule has 0 heterocycles. The Morgan fingerprint density at radius 1 is 1.57 bits per heavy atom. The molecule has 0 aromatic heterocycles. The van der Waals surface area contributed by atoms with E-state index < -0.39 is 5.60 Å². The van der Waals surface area contributed by atoms with Gasteiger partial charge in [0.25, 0.3) is 0 Å². The van der Waals surface area contributed by atoms with Gasteiger partial charge >= 0.3 is 0 Å². The fourth-order valence-corrected chi connectivity index (χ4v) is 2.81. The summed E-state index contributed by atoms with van der Waals surface area (Å²) in [7, 11) is 0. The molecule has 2 heteroatoms. The van der Waals surface area contributed by atoms with Gasteiger partial charge in [-0.3, -0.25) is 0 Å². The van der Waals surface area contributed by atoms with E-state index in [2.05, 4.69) is 13.8 Å². The Morgan fingerprint density at radius 3 is 2.86 bits per heavy atom. The Morgan fingerprint density at radius 2 is 2.29 bits per heavy atom. The summed E-state index contributed by atoms with van der Waals surface area (Å²) in [5.74, 6) is 0.635. The second-order valence-corrected chi connectivity index (χ2v) is 5.18. The largest absolute Gasteiger partial charge is 0.390 e. The monoisotopic (exact) mass is 199 g/mol. The van der Waals surface area contributed by atoms with Gasteiger partial charge in [0.15, 0.2) is 0 Å². The highest BCUT2D eigenvalue weighted by Crippen LogP contribution is 2.33.